The Morgan fingerprint density at radius 2 is 2.00 bits per heavy atom. The number of nitrogens with zero attached hydrogens (tertiary/aromatic N) is 1. The van der Waals surface area contributed by atoms with Crippen LogP contribution in [0.3, 0.4) is 0 Å². The highest BCUT2D eigenvalue weighted by molar-refractivity contribution is 7.85. The summed E-state index contributed by atoms with van der Waals surface area (Å²) in [6.45, 7) is 3.26. The zero-order valence-electron chi connectivity index (χ0n) is 8.30. The van der Waals surface area contributed by atoms with Gasteiger partial charge >= 0.3 is 0 Å². The lowest BCUT2D eigenvalue weighted by Gasteiger charge is -2.03. The van der Waals surface area contributed by atoms with Crippen molar-refractivity contribution in [3.05, 3.63) is 12.7 Å². The number of likely N-dealkylation sites (N-methyl/N-ethyl adjacent to an activating group) is 1. The second-order valence-corrected chi connectivity index (χ2v) is 4.08. The average molecular weight is 224 g/mol. The van der Waals surface area contributed by atoms with Crippen molar-refractivity contribution in [2.24, 2.45) is 5.73 Å². The van der Waals surface area contributed by atoms with Gasteiger partial charge in [-0.1, -0.05) is 6.58 Å². The minimum atomic E-state index is -3.80. The Kier molecular flexibility index (Phi) is 8.31. The fraction of sp³-hybridized carbons (Fsp3) is 0.571. The van der Waals surface area contributed by atoms with Crippen molar-refractivity contribution in [1.29, 1.82) is 0 Å². The van der Waals surface area contributed by atoms with Crippen molar-refractivity contribution in [3.63, 3.8) is 0 Å². The van der Waals surface area contributed by atoms with E-state index in [1.165, 1.54) is 11.0 Å². The van der Waals surface area contributed by atoms with Gasteiger partial charge in [0.15, 0.2) is 0 Å². The van der Waals surface area contributed by atoms with Crippen molar-refractivity contribution < 1.29 is 17.8 Å². The van der Waals surface area contributed by atoms with Crippen LogP contribution in [-0.2, 0) is 14.9 Å². The van der Waals surface area contributed by atoms with E-state index in [4.69, 9.17) is 10.3 Å². The van der Waals surface area contributed by atoms with Crippen LogP contribution in [0.4, 0.5) is 0 Å². The molecule has 0 saturated carbocycles. The Balaban J connectivity index is 0. The van der Waals surface area contributed by atoms with Crippen molar-refractivity contribution in [2.45, 2.75) is 0 Å². The molecule has 1 amide bonds. The van der Waals surface area contributed by atoms with Crippen molar-refractivity contribution in [3.8, 4) is 0 Å². The van der Waals surface area contributed by atoms with Gasteiger partial charge in [0, 0.05) is 20.6 Å². The summed E-state index contributed by atoms with van der Waals surface area (Å²) in [6, 6.07) is 0. The molecular weight excluding hydrogens is 208 g/mol. The molecule has 0 aromatic carbocycles. The molecule has 0 bridgehead atoms. The molecule has 0 unspecified atom stereocenters. The van der Waals surface area contributed by atoms with Crippen LogP contribution in [0.2, 0.25) is 0 Å². The number of hydrogen-bond acceptors (Lipinski definition) is 4. The van der Waals surface area contributed by atoms with Crippen LogP contribution in [0.5, 0.6) is 0 Å². The molecule has 14 heavy (non-hydrogen) atoms. The first kappa shape index (κ1) is 15.5. The Morgan fingerprint density at radius 1 is 1.57 bits per heavy atom. The first-order valence-corrected chi connectivity index (χ1v) is 5.34. The molecule has 84 valence electrons. The molecule has 0 spiro atoms. The molecule has 0 aromatic heterocycles. The van der Waals surface area contributed by atoms with E-state index >= 15 is 0 Å². The van der Waals surface area contributed by atoms with Gasteiger partial charge in [-0.15, -0.1) is 0 Å². The zero-order chi connectivity index (χ0) is 11.8. The standard InChI is InChI=1S/C5H9NO.C2H7NO3S/c1-4-5(7)6(2)3;3-1-2-7(4,5)6/h4H,1H2,2-3H3;1-3H2,(H,4,5,6). The van der Waals surface area contributed by atoms with Crippen molar-refractivity contribution in [2.75, 3.05) is 26.4 Å². The fourth-order valence-corrected chi connectivity index (χ4v) is 0.629. The fourth-order valence-electron chi connectivity index (χ4n) is 0.332. The van der Waals surface area contributed by atoms with E-state index in [9.17, 15) is 13.2 Å². The van der Waals surface area contributed by atoms with Gasteiger partial charge < -0.3 is 10.6 Å². The third-order valence-electron chi connectivity index (χ3n) is 0.991. The third kappa shape index (κ3) is 13.7. The minimum absolute atomic E-state index is 0.0289. The Morgan fingerprint density at radius 3 is 2.00 bits per heavy atom. The van der Waals surface area contributed by atoms with Crippen LogP contribution in [-0.4, -0.2) is 50.2 Å². The molecule has 0 radical (unpaired) electrons. The first-order valence-electron chi connectivity index (χ1n) is 3.73. The number of carbonyl (C=O) groups excluding carboxylic acids is 1. The van der Waals surface area contributed by atoms with Crippen LogP contribution < -0.4 is 5.73 Å². The van der Waals surface area contributed by atoms with Gasteiger partial charge in [-0.25, -0.2) is 0 Å². The lowest BCUT2D eigenvalue weighted by Crippen LogP contribution is -2.18. The van der Waals surface area contributed by atoms with Crippen molar-refractivity contribution >= 4 is 16.0 Å². The second kappa shape index (κ2) is 7.48. The van der Waals surface area contributed by atoms with E-state index in [1.807, 2.05) is 0 Å². The van der Waals surface area contributed by atoms with Gasteiger partial charge in [0.05, 0.1) is 5.75 Å². The smallest absolute Gasteiger partial charge is 0.266 e. The normalized spacial score (nSPS) is 9.71. The lowest BCUT2D eigenvalue weighted by molar-refractivity contribution is -0.123. The number of hydrogen-bond donors (Lipinski definition) is 2. The molecule has 0 rings (SSSR count). The van der Waals surface area contributed by atoms with E-state index in [2.05, 4.69) is 6.58 Å². The molecule has 0 atom stereocenters. The first-order chi connectivity index (χ1) is 6.24. The highest BCUT2D eigenvalue weighted by atomic mass is 32.2. The van der Waals surface area contributed by atoms with Gasteiger partial charge in [0.1, 0.15) is 0 Å². The molecule has 7 heteroatoms. The van der Waals surface area contributed by atoms with Gasteiger partial charge in [-0.05, 0) is 6.08 Å². The molecule has 0 heterocycles. The van der Waals surface area contributed by atoms with Gasteiger partial charge in [-0.3, -0.25) is 9.35 Å². The molecule has 0 saturated heterocycles. The van der Waals surface area contributed by atoms with Crippen LogP contribution in [0, 0.1) is 0 Å². The van der Waals surface area contributed by atoms with Crippen LogP contribution in [0.25, 0.3) is 0 Å². The highest BCUT2D eigenvalue weighted by Crippen LogP contribution is 1.75. The van der Waals surface area contributed by atoms with Gasteiger partial charge in [0.2, 0.25) is 5.91 Å². The van der Waals surface area contributed by atoms with E-state index in [0.29, 0.717) is 0 Å². The van der Waals surface area contributed by atoms with E-state index < -0.39 is 10.1 Å². The molecule has 0 aromatic rings. The average Bonchev–Trinajstić information content (AvgIpc) is 2.01. The van der Waals surface area contributed by atoms with Gasteiger partial charge in [-0.2, -0.15) is 8.42 Å². The second-order valence-electron chi connectivity index (χ2n) is 2.51. The summed E-state index contributed by atoms with van der Waals surface area (Å²) in [6.07, 6.45) is 1.28. The largest absolute Gasteiger partial charge is 0.345 e. The monoisotopic (exact) mass is 224 g/mol. The Labute approximate surface area is 84.1 Å². The summed E-state index contributed by atoms with van der Waals surface area (Å²) in [5.74, 6) is -0.410. The predicted molar refractivity (Wildman–Crippen MR) is 54.4 cm³/mol. The number of amides is 1. The molecule has 3 N–H and O–H groups in total. The molecular formula is C7H16N2O4S. The summed E-state index contributed by atoms with van der Waals surface area (Å²) in [5.41, 5.74) is 4.78. The summed E-state index contributed by atoms with van der Waals surface area (Å²) in [5, 5.41) is 0. The maximum atomic E-state index is 10.3. The summed E-state index contributed by atoms with van der Waals surface area (Å²) in [7, 11) is -0.430. The molecule has 0 aliphatic rings. The Hall–Kier alpha value is -0.920. The third-order valence-corrected chi connectivity index (χ3v) is 1.74. The SMILES string of the molecule is C=CC(=O)N(C)C.NCCS(=O)(=O)O. The maximum absolute atomic E-state index is 10.3. The van der Waals surface area contributed by atoms with E-state index in [-0.39, 0.29) is 18.2 Å². The summed E-state index contributed by atoms with van der Waals surface area (Å²) < 4.78 is 27.3. The van der Waals surface area contributed by atoms with E-state index in [1.54, 1.807) is 14.1 Å². The van der Waals surface area contributed by atoms with Gasteiger partial charge in [0.25, 0.3) is 10.1 Å². The van der Waals surface area contributed by atoms with E-state index in [0.717, 1.165) is 0 Å². The Bertz CT molecular complexity index is 271. The summed E-state index contributed by atoms with van der Waals surface area (Å²) in [4.78, 5) is 11.8. The number of rotatable bonds is 3. The predicted octanol–water partition coefficient (Wildman–Crippen LogP) is -0.906. The molecule has 0 aliphatic carbocycles. The summed E-state index contributed by atoms with van der Waals surface area (Å²) >= 11 is 0. The lowest BCUT2D eigenvalue weighted by atomic mass is 10.5. The molecule has 0 aliphatic heterocycles. The molecule has 6 nitrogen and oxygen atoms in total. The quantitative estimate of drug-likeness (QED) is 0.477. The van der Waals surface area contributed by atoms with Crippen LogP contribution >= 0.6 is 0 Å². The van der Waals surface area contributed by atoms with Crippen LogP contribution in [0.15, 0.2) is 12.7 Å². The number of nitrogens with two attached hydrogens (primary N) is 1. The maximum Gasteiger partial charge on any atom is 0.266 e. The van der Waals surface area contributed by atoms with Crippen molar-refractivity contribution in [1.82, 2.24) is 4.90 Å². The molecule has 0 fully saturated rings. The highest BCUT2D eigenvalue weighted by Gasteiger charge is 1.98. The number of carbonyl (C=O) groups is 1. The zero-order valence-corrected chi connectivity index (χ0v) is 9.12. The van der Waals surface area contributed by atoms with Crippen LogP contribution in [0.1, 0.15) is 0 Å². The topological polar surface area (TPSA) is 101 Å². The minimum Gasteiger partial charge on any atom is -0.345 e.